The second-order valence-electron chi connectivity index (χ2n) is 5.98. The molecule has 0 amide bonds. The number of methoxy groups -OCH3 is 1. The maximum atomic E-state index is 12.2. The van der Waals surface area contributed by atoms with E-state index in [0.29, 0.717) is 11.0 Å². The van der Waals surface area contributed by atoms with Crippen LogP contribution in [0.4, 0.5) is 5.82 Å². The number of hydrogen-bond donors (Lipinski definition) is 1. The van der Waals surface area contributed by atoms with Gasteiger partial charge in [0.2, 0.25) is 0 Å². The van der Waals surface area contributed by atoms with Gasteiger partial charge in [0, 0.05) is 44.0 Å². The van der Waals surface area contributed by atoms with Gasteiger partial charge in [0.1, 0.15) is 5.82 Å². The van der Waals surface area contributed by atoms with E-state index in [1.165, 1.54) is 11.3 Å². The molecule has 0 radical (unpaired) electrons. The maximum Gasteiger partial charge on any atom is 0.195 e. The van der Waals surface area contributed by atoms with E-state index in [0.717, 1.165) is 24.0 Å². The van der Waals surface area contributed by atoms with E-state index in [-0.39, 0.29) is 17.6 Å². The average molecular weight is 357 g/mol. The lowest BCUT2D eigenvalue weighted by molar-refractivity contribution is 0.0996. The van der Waals surface area contributed by atoms with Gasteiger partial charge in [0.25, 0.3) is 0 Å². The highest BCUT2D eigenvalue weighted by molar-refractivity contribution is 7.12. The van der Waals surface area contributed by atoms with Gasteiger partial charge in [-0.15, -0.1) is 11.3 Å². The van der Waals surface area contributed by atoms with Crippen LogP contribution in [0.3, 0.4) is 0 Å². The van der Waals surface area contributed by atoms with Crippen molar-refractivity contribution in [1.82, 2.24) is 19.9 Å². The van der Waals surface area contributed by atoms with Crippen molar-refractivity contribution in [3.63, 3.8) is 0 Å². The van der Waals surface area contributed by atoms with Crippen molar-refractivity contribution in [2.75, 3.05) is 32.1 Å². The monoisotopic (exact) mass is 357 g/mol. The van der Waals surface area contributed by atoms with E-state index in [1.807, 2.05) is 29.1 Å². The predicted molar refractivity (Wildman–Crippen MR) is 98.9 cm³/mol. The number of ether oxygens (including phenoxy) is 1. The first-order chi connectivity index (χ1) is 12.2. The summed E-state index contributed by atoms with van der Waals surface area (Å²) in [6, 6.07) is 5.55. The fourth-order valence-corrected chi connectivity index (χ4v) is 3.89. The van der Waals surface area contributed by atoms with E-state index < -0.39 is 0 Å². The lowest BCUT2D eigenvalue weighted by Crippen LogP contribution is -2.37. The number of hydrogen-bond acceptors (Lipinski definition) is 7. The molecule has 0 bridgehead atoms. The van der Waals surface area contributed by atoms with Crippen LogP contribution < -0.4 is 15.6 Å². The number of nitrogens with one attached hydrogen (secondary N) is 1. The molecule has 1 aliphatic heterocycles. The van der Waals surface area contributed by atoms with Gasteiger partial charge in [-0.05, 0) is 19.2 Å². The van der Waals surface area contributed by atoms with Crippen molar-refractivity contribution in [2.24, 2.45) is 0 Å². The van der Waals surface area contributed by atoms with Gasteiger partial charge in [-0.3, -0.25) is 9.36 Å². The zero-order chi connectivity index (χ0) is 17.4. The number of pyridine rings is 2. The second-order valence-corrected chi connectivity index (χ2v) is 6.85. The van der Waals surface area contributed by atoms with Crippen LogP contribution in [-0.4, -0.2) is 53.9 Å². The molecule has 0 aromatic carbocycles. The Morgan fingerprint density at radius 1 is 1.32 bits per heavy atom. The molecule has 1 fully saturated rings. The molecule has 2 atom stereocenters. The van der Waals surface area contributed by atoms with E-state index in [9.17, 15) is 4.79 Å². The average Bonchev–Trinajstić information content (AvgIpc) is 3.31. The summed E-state index contributed by atoms with van der Waals surface area (Å²) >= 11 is 1.51. The first kappa shape index (κ1) is 16.2. The molecule has 4 rings (SSSR count). The lowest BCUT2D eigenvalue weighted by Gasteiger charge is -2.18. The summed E-state index contributed by atoms with van der Waals surface area (Å²) in [6.07, 6.45) is 3.59. The van der Waals surface area contributed by atoms with Crippen LogP contribution in [0, 0.1) is 0 Å². The van der Waals surface area contributed by atoms with Crippen molar-refractivity contribution in [2.45, 2.75) is 12.1 Å². The van der Waals surface area contributed by atoms with Gasteiger partial charge in [-0.1, -0.05) is 0 Å². The zero-order valence-corrected chi connectivity index (χ0v) is 14.9. The Hall–Kier alpha value is -2.29. The smallest absolute Gasteiger partial charge is 0.195 e. The molecule has 1 N–H and O–H groups in total. The number of aromatic nitrogens is 3. The molecule has 0 aliphatic carbocycles. The first-order valence-electron chi connectivity index (χ1n) is 8.08. The number of nitrogens with zero attached hydrogens (tertiary/aromatic N) is 4. The minimum Gasteiger partial charge on any atom is -0.378 e. The number of fused-ring (bicyclic) bond motifs is 1. The summed E-state index contributed by atoms with van der Waals surface area (Å²) in [4.78, 5) is 23.5. The molecule has 130 valence electrons. The summed E-state index contributed by atoms with van der Waals surface area (Å²) in [7, 11) is 3.67. The molecular formula is C17H19N5O2S. The van der Waals surface area contributed by atoms with Gasteiger partial charge in [0.05, 0.1) is 17.5 Å². The fraction of sp³-hybridized carbons (Fsp3) is 0.353. The highest BCUT2D eigenvalue weighted by Crippen LogP contribution is 2.23. The Bertz CT molecular complexity index is 928. The minimum absolute atomic E-state index is 0.0360. The molecule has 8 heteroatoms. The van der Waals surface area contributed by atoms with Gasteiger partial charge in [-0.25, -0.2) is 9.97 Å². The van der Waals surface area contributed by atoms with Gasteiger partial charge >= 0.3 is 0 Å². The third-order valence-corrected chi connectivity index (χ3v) is 5.39. The molecule has 1 saturated heterocycles. The van der Waals surface area contributed by atoms with Gasteiger partial charge < -0.3 is 15.0 Å². The van der Waals surface area contributed by atoms with Crippen molar-refractivity contribution >= 4 is 28.2 Å². The SMILES string of the molecule is CN[C@H]1CN(c2ccc3c(=O)ccn(-c4nccs4)c3n2)C[C@@H]1OC. The summed E-state index contributed by atoms with van der Waals surface area (Å²) in [5.41, 5.74) is 0.591. The number of rotatable bonds is 4. The molecule has 1 aliphatic rings. The van der Waals surface area contributed by atoms with Crippen molar-refractivity contribution in [1.29, 1.82) is 0 Å². The highest BCUT2D eigenvalue weighted by Gasteiger charge is 2.32. The van der Waals surface area contributed by atoms with E-state index in [2.05, 4.69) is 15.2 Å². The molecule has 0 saturated carbocycles. The summed E-state index contributed by atoms with van der Waals surface area (Å²) < 4.78 is 7.43. The standard InChI is InChI=1S/C17H19N5O2S/c1-18-12-9-21(10-14(12)24-2)15-4-3-11-13(23)5-7-22(16(11)20-15)17-19-6-8-25-17/h3-8,12,14,18H,9-10H2,1-2H3/t12-,14-/m0/s1. The number of thiazole rings is 1. The molecule has 25 heavy (non-hydrogen) atoms. The molecular weight excluding hydrogens is 338 g/mol. The summed E-state index contributed by atoms with van der Waals surface area (Å²) in [6.45, 7) is 1.57. The van der Waals surface area contributed by atoms with Crippen LogP contribution in [0.1, 0.15) is 0 Å². The molecule has 3 aromatic heterocycles. The Balaban J connectivity index is 1.80. The Kier molecular flexibility index (Phi) is 4.24. The van der Waals surface area contributed by atoms with Crippen molar-refractivity contribution in [3.05, 3.63) is 46.2 Å². The van der Waals surface area contributed by atoms with Crippen LogP contribution >= 0.6 is 11.3 Å². The largest absolute Gasteiger partial charge is 0.378 e. The van der Waals surface area contributed by atoms with Crippen LogP contribution in [0.25, 0.3) is 16.2 Å². The number of likely N-dealkylation sites (N-methyl/N-ethyl adjacent to an activating group) is 1. The van der Waals surface area contributed by atoms with Gasteiger partial charge in [-0.2, -0.15) is 0 Å². The third kappa shape index (κ3) is 2.82. The normalized spacial score (nSPS) is 20.5. The number of anilines is 1. The highest BCUT2D eigenvalue weighted by atomic mass is 32.1. The summed E-state index contributed by atoms with van der Waals surface area (Å²) in [5.74, 6) is 0.836. The topological polar surface area (TPSA) is 72.3 Å². The molecule has 0 unspecified atom stereocenters. The summed E-state index contributed by atoms with van der Waals surface area (Å²) in [5, 5.41) is 6.58. The lowest BCUT2D eigenvalue weighted by atomic mass is 10.2. The Morgan fingerprint density at radius 2 is 2.20 bits per heavy atom. The third-order valence-electron chi connectivity index (χ3n) is 4.62. The first-order valence-corrected chi connectivity index (χ1v) is 8.96. The molecule has 4 heterocycles. The van der Waals surface area contributed by atoms with E-state index >= 15 is 0 Å². The quantitative estimate of drug-likeness (QED) is 0.758. The Labute approximate surface area is 148 Å². The van der Waals surface area contributed by atoms with Gasteiger partial charge in [0.15, 0.2) is 16.2 Å². The second kappa shape index (κ2) is 6.55. The fourth-order valence-electron chi connectivity index (χ4n) is 3.26. The maximum absolute atomic E-state index is 12.2. The van der Waals surface area contributed by atoms with Crippen LogP contribution in [-0.2, 0) is 4.74 Å². The van der Waals surface area contributed by atoms with E-state index in [4.69, 9.17) is 9.72 Å². The molecule has 0 spiro atoms. The van der Waals surface area contributed by atoms with Crippen LogP contribution in [0.5, 0.6) is 0 Å². The van der Waals surface area contributed by atoms with Crippen molar-refractivity contribution in [3.8, 4) is 5.13 Å². The molecule has 3 aromatic rings. The van der Waals surface area contributed by atoms with Crippen LogP contribution in [0.2, 0.25) is 0 Å². The minimum atomic E-state index is -0.0360. The zero-order valence-electron chi connectivity index (χ0n) is 14.0. The molecule has 7 nitrogen and oxygen atoms in total. The van der Waals surface area contributed by atoms with Crippen LogP contribution in [0.15, 0.2) is 40.8 Å². The Morgan fingerprint density at radius 3 is 2.88 bits per heavy atom. The predicted octanol–water partition coefficient (Wildman–Crippen LogP) is 1.27. The van der Waals surface area contributed by atoms with Crippen molar-refractivity contribution < 1.29 is 4.74 Å². The van der Waals surface area contributed by atoms with E-state index in [1.54, 1.807) is 25.6 Å².